The summed E-state index contributed by atoms with van der Waals surface area (Å²) in [7, 11) is 6.45. The molecule has 4 nitrogen and oxygen atoms in total. The maximum Gasteiger partial charge on any atom is 0.180 e. The van der Waals surface area contributed by atoms with Crippen LogP contribution < -0.4 is 14.5 Å². The van der Waals surface area contributed by atoms with Crippen LogP contribution in [-0.2, 0) is 4.74 Å². The van der Waals surface area contributed by atoms with E-state index >= 15 is 0 Å². The second-order valence-electron chi connectivity index (χ2n) is 7.04. The Labute approximate surface area is 144 Å². The summed E-state index contributed by atoms with van der Waals surface area (Å²) in [6.45, 7) is 2.41. The minimum Gasteiger partial charge on any atom is -0.477 e. The van der Waals surface area contributed by atoms with Crippen molar-refractivity contribution in [2.24, 2.45) is 0 Å². The molecule has 128 valence electrons. The van der Waals surface area contributed by atoms with Gasteiger partial charge in [0.15, 0.2) is 17.5 Å². The fourth-order valence-electron chi connectivity index (χ4n) is 3.03. The van der Waals surface area contributed by atoms with Crippen LogP contribution in [0.5, 0.6) is 5.75 Å². The Hall–Kier alpha value is -1.88. The highest BCUT2D eigenvalue weighted by atomic mass is 16.5. The van der Waals surface area contributed by atoms with Crippen molar-refractivity contribution in [3.63, 3.8) is 0 Å². The Morgan fingerprint density at radius 1 is 1.04 bits per heavy atom. The summed E-state index contributed by atoms with van der Waals surface area (Å²) in [6, 6.07) is 18.6. The Morgan fingerprint density at radius 3 is 2.42 bits per heavy atom. The Balaban J connectivity index is 1.93. The molecule has 2 aromatic carbocycles. The van der Waals surface area contributed by atoms with E-state index in [1.807, 2.05) is 30.3 Å². The van der Waals surface area contributed by atoms with Crippen LogP contribution in [0.25, 0.3) is 0 Å². The van der Waals surface area contributed by atoms with E-state index in [0.717, 1.165) is 30.1 Å². The first-order valence-corrected chi connectivity index (χ1v) is 8.50. The molecule has 0 aliphatic carbocycles. The van der Waals surface area contributed by atoms with Gasteiger partial charge < -0.3 is 14.8 Å². The molecule has 1 heterocycles. The predicted octanol–water partition coefficient (Wildman–Crippen LogP) is 2.99. The first kappa shape index (κ1) is 17.0. The van der Waals surface area contributed by atoms with Crippen LogP contribution in [0.3, 0.4) is 0 Å². The highest BCUT2D eigenvalue weighted by Crippen LogP contribution is 2.35. The monoisotopic (exact) mass is 327 g/mol. The molecule has 0 radical (unpaired) electrons. The van der Waals surface area contributed by atoms with Gasteiger partial charge in [0.1, 0.15) is 6.10 Å². The number of nitrogens with one attached hydrogen (secondary N) is 1. The van der Waals surface area contributed by atoms with Gasteiger partial charge in [0, 0.05) is 19.2 Å². The van der Waals surface area contributed by atoms with Crippen molar-refractivity contribution in [3.8, 4) is 5.75 Å². The average Bonchev–Trinajstić information content (AvgIpc) is 2.61. The van der Waals surface area contributed by atoms with Crippen molar-refractivity contribution >= 4 is 5.69 Å². The number of hydrogen-bond donors (Lipinski definition) is 1. The molecule has 1 saturated heterocycles. The summed E-state index contributed by atoms with van der Waals surface area (Å²) in [4.78, 5) is 0. The highest BCUT2D eigenvalue weighted by molar-refractivity contribution is 5.54. The molecule has 1 fully saturated rings. The van der Waals surface area contributed by atoms with Gasteiger partial charge in [0.25, 0.3) is 0 Å². The van der Waals surface area contributed by atoms with Crippen LogP contribution in [0.4, 0.5) is 5.69 Å². The predicted molar refractivity (Wildman–Crippen MR) is 98.4 cm³/mol. The summed E-state index contributed by atoms with van der Waals surface area (Å²) >= 11 is 0. The molecule has 2 aromatic rings. The zero-order valence-electron chi connectivity index (χ0n) is 14.7. The van der Waals surface area contributed by atoms with Gasteiger partial charge in [-0.25, -0.2) is 0 Å². The maximum atomic E-state index is 6.52. The third-order valence-corrected chi connectivity index (χ3v) is 4.26. The van der Waals surface area contributed by atoms with E-state index < -0.39 is 0 Å². The normalized spacial score (nSPS) is 19.7. The van der Waals surface area contributed by atoms with Crippen LogP contribution >= 0.6 is 0 Å². The summed E-state index contributed by atoms with van der Waals surface area (Å²) in [5.41, 5.74) is 2.30. The van der Waals surface area contributed by atoms with E-state index in [2.05, 4.69) is 50.7 Å². The molecule has 4 heteroatoms. The van der Waals surface area contributed by atoms with Crippen LogP contribution in [0, 0.1) is 0 Å². The molecule has 1 unspecified atom stereocenters. The standard InChI is InChI=1S/C20H27N2O2/c1-22(2,3)17-11-7-8-12-18(17)24-20(16-9-5-4-6-10-16)19-15-21-13-14-23-19/h4-12,19-21H,13-15H2,1-3H3/q+1/t19-,20?/m0/s1. The molecule has 0 spiro atoms. The quantitative estimate of drug-likeness (QED) is 0.857. The maximum absolute atomic E-state index is 6.52. The Morgan fingerprint density at radius 2 is 1.75 bits per heavy atom. The van der Waals surface area contributed by atoms with Crippen LogP contribution in [0.15, 0.2) is 54.6 Å². The molecule has 3 rings (SSSR count). The van der Waals surface area contributed by atoms with E-state index in [1.54, 1.807) is 0 Å². The Bertz CT molecular complexity index is 646. The fourth-order valence-corrected chi connectivity index (χ4v) is 3.03. The van der Waals surface area contributed by atoms with E-state index in [1.165, 1.54) is 0 Å². The SMILES string of the molecule is C[N+](C)(C)c1ccccc1OC(c1ccccc1)[C@@H]1CNCCO1. The number of nitrogens with zero attached hydrogens (tertiary/aromatic N) is 1. The summed E-state index contributed by atoms with van der Waals surface area (Å²) in [5, 5.41) is 3.41. The summed E-state index contributed by atoms with van der Waals surface area (Å²) in [6.07, 6.45) is -0.131. The van der Waals surface area contributed by atoms with Crippen molar-refractivity contribution in [2.75, 3.05) is 40.8 Å². The Kier molecular flexibility index (Phi) is 5.19. The fraction of sp³-hybridized carbons (Fsp3) is 0.400. The zero-order chi connectivity index (χ0) is 17.0. The molecule has 24 heavy (non-hydrogen) atoms. The first-order valence-electron chi connectivity index (χ1n) is 8.50. The van der Waals surface area contributed by atoms with Crippen molar-refractivity contribution in [2.45, 2.75) is 12.2 Å². The third kappa shape index (κ3) is 3.96. The van der Waals surface area contributed by atoms with Gasteiger partial charge in [-0.3, -0.25) is 4.48 Å². The lowest BCUT2D eigenvalue weighted by molar-refractivity contribution is -0.0433. The van der Waals surface area contributed by atoms with E-state index in [4.69, 9.17) is 9.47 Å². The molecule has 0 bridgehead atoms. The van der Waals surface area contributed by atoms with Gasteiger partial charge in [-0.2, -0.15) is 0 Å². The van der Waals surface area contributed by atoms with Gasteiger partial charge in [0.05, 0.1) is 27.7 Å². The van der Waals surface area contributed by atoms with E-state index in [-0.39, 0.29) is 12.2 Å². The van der Waals surface area contributed by atoms with E-state index in [9.17, 15) is 0 Å². The molecule has 1 aliphatic heterocycles. The minimum absolute atomic E-state index is 0.00155. The number of rotatable bonds is 5. The molecule has 0 amide bonds. The van der Waals surface area contributed by atoms with Crippen LogP contribution in [0.1, 0.15) is 11.7 Å². The lowest BCUT2D eigenvalue weighted by atomic mass is 10.0. The largest absolute Gasteiger partial charge is 0.477 e. The lowest BCUT2D eigenvalue weighted by Crippen LogP contribution is -2.43. The number of morpholine rings is 1. The summed E-state index contributed by atoms with van der Waals surface area (Å²) in [5.74, 6) is 0.910. The second-order valence-corrected chi connectivity index (χ2v) is 7.04. The molecule has 2 atom stereocenters. The number of benzene rings is 2. The lowest BCUT2D eigenvalue weighted by Gasteiger charge is -2.33. The van der Waals surface area contributed by atoms with Crippen molar-refractivity contribution in [1.82, 2.24) is 9.80 Å². The third-order valence-electron chi connectivity index (χ3n) is 4.26. The van der Waals surface area contributed by atoms with Crippen molar-refractivity contribution in [3.05, 3.63) is 60.2 Å². The molecule has 1 N–H and O–H groups in total. The van der Waals surface area contributed by atoms with Crippen LogP contribution in [0.2, 0.25) is 0 Å². The minimum atomic E-state index is -0.133. The molecule has 1 aliphatic rings. The number of para-hydroxylation sites is 2. The first-order chi connectivity index (χ1) is 11.6. The molecular formula is C20H27N2O2+. The van der Waals surface area contributed by atoms with Gasteiger partial charge in [-0.05, 0) is 11.6 Å². The molecule has 0 saturated carbocycles. The number of hydrogen-bond acceptors (Lipinski definition) is 3. The number of ether oxygens (including phenoxy) is 2. The molecule has 0 aromatic heterocycles. The number of quaternary nitrogens is 1. The zero-order valence-corrected chi connectivity index (χ0v) is 14.7. The van der Waals surface area contributed by atoms with Crippen molar-refractivity contribution in [1.29, 1.82) is 0 Å². The highest BCUT2D eigenvalue weighted by Gasteiger charge is 2.30. The van der Waals surface area contributed by atoms with Crippen LogP contribution in [-0.4, -0.2) is 46.9 Å². The smallest absolute Gasteiger partial charge is 0.180 e. The topological polar surface area (TPSA) is 30.5 Å². The van der Waals surface area contributed by atoms with Crippen molar-refractivity contribution < 1.29 is 9.47 Å². The van der Waals surface area contributed by atoms with Gasteiger partial charge in [-0.15, -0.1) is 0 Å². The van der Waals surface area contributed by atoms with Gasteiger partial charge in [-0.1, -0.05) is 42.5 Å². The average molecular weight is 327 g/mol. The van der Waals surface area contributed by atoms with Gasteiger partial charge >= 0.3 is 0 Å². The molecular weight excluding hydrogens is 300 g/mol. The second kappa shape index (κ2) is 7.34. The van der Waals surface area contributed by atoms with Gasteiger partial charge in [0.2, 0.25) is 0 Å². The van der Waals surface area contributed by atoms with E-state index in [0.29, 0.717) is 11.1 Å². The summed E-state index contributed by atoms with van der Waals surface area (Å²) < 4.78 is 13.2.